The maximum atomic E-state index is 8.43. The quantitative estimate of drug-likeness (QED) is 0.675. The van der Waals surface area contributed by atoms with Crippen LogP contribution in [0.4, 0.5) is 11.4 Å². The number of aryl methyl sites for hydroxylation is 2. The molecule has 0 saturated carbocycles. The molecule has 1 N–H and O–H groups in total. The molecule has 0 aliphatic rings. The third kappa shape index (κ3) is 3.43. The lowest BCUT2D eigenvalue weighted by molar-refractivity contribution is 0.606. The second-order valence-corrected chi connectivity index (χ2v) is 5.42. The molecule has 0 unspecified atom stereocenters. The minimum atomic E-state index is 0.453. The zero-order valence-electron chi connectivity index (χ0n) is 13.2. The lowest BCUT2D eigenvalue weighted by Gasteiger charge is -2.29. The first-order valence-corrected chi connectivity index (χ1v) is 7.24. The van der Waals surface area contributed by atoms with Gasteiger partial charge in [0.1, 0.15) is 0 Å². The van der Waals surface area contributed by atoms with Crippen molar-refractivity contribution in [3.05, 3.63) is 59.7 Å². The predicted octanol–water partition coefficient (Wildman–Crippen LogP) is 4.19. The molecule has 2 aromatic carbocycles. The largest absolute Gasteiger partial charge is 0.349 e. The van der Waals surface area contributed by atoms with Gasteiger partial charge < -0.3 is 4.90 Å². The normalized spacial score (nSPS) is 10.3. The monoisotopic (exact) mass is 281 g/mol. The summed E-state index contributed by atoms with van der Waals surface area (Å²) in [6.45, 7) is 4.22. The van der Waals surface area contributed by atoms with Crippen molar-refractivity contribution >= 4 is 17.3 Å². The van der Waals surface area contributed by atoms with Crippen molar-refractivity contribution in [3.63, 3.8) is 0 Å². The second-order valence-electron chi connectivity index (χ2n) is 5.42. The van der Waals surface area contributed by atoms with E-state index in [0.717, 1.165) is 17.8 Å². The lowest BCUT2D eigenvalue weighted by Crippen LogP contribution is -2.36. The van der Waals surface area contributed by atoms with E-state index in [4.69, 9.17) is 5.41 Å². The molecule has 0 spiro atoms. The number of nitrogens with one attached hydrogen (secondary N) is 1. The minimum Gasteiger partial charge on any atom is -0.349 e. The van der Waals surface area contributed by atoms with E-state index in [9.17, 15) is 0 Å². The number of hydrogen-bond donors (Lipinski definition) is 1. The van der Waals surface area contributed by atoms with Crippen LogP contribution in [0.5, 0.6) is 0 Å². The fourth-order valence-electron chi connectivity index (χ4n) is 2.28. The Labute approximate surface area is 127 Å². The van der Waals surface area contributed by atoms with Crippen LogP contribution in [0, 0.1) is 12.3 Å². The van der Waals surface area contributed by atoms with Crippen LogP contribution in [-0.4, -0.2) is 25.0 Å². The summed E-state index contributed by atoms with van der Waals surface area (Å²) in [5.41, 5.74) is 4.51. The van der Waals surface area contributed by atoms with Crippen LogP contribution in [0.3, 0.4) is 0 Å². The summed E-state index contributed by atoms with van der Waals surface area (Å²) in [6.07, 6.45) is 0.991. The zero-order chi connectivity index (χ0) is 15.4. The first-order valence-electron chi connectivity index (χ1n) is 7.24. The smallest absolute Gasteiger partial charge is 0.202 e. The van der Waals surface area contributed by atoms with Crippen LogP contribution >= 0.6 is 0 Å². The van der Waals surface area contributed by atoms with E-state index >= 15 is 0 Å². The molecule has 2 rings (SSSR count). The van der Waals surface area contributed by atoms with Gasteiger partial charge in [0.2, 0.25) is 5.96 Å². The first kappa shape index (κ1) is 15.1. The van der Waals surface area contributed by atoms with E-state index in [2.05, 4.69) is 50.2 Å². The average molecular weight is 281 g/mol. The second kappa shape index (κ2) is 6.44. The van der Waals surface area contributed by atoms with E-state index in [0.29, 0.717) is 5.96 Å². The lowest BCUT2D eigenvalue weighted by atomic mass is 10.1. The van der Waals surface area contributed by atoms with Gasteiger partial charge >= 0.3 is 0 Å². The Bertz CT molecular complexity index is 632. The summed E-state index contributed by atoms with van der Waals surface area (Å²) in [4.78, 5) is 3.80. The molecule has 2 aromatic rings. The van der Waals surface area contributed by atoms with Gasteiger partial charge in [0, 0.05) is 25.5 Å². The summed E-state index contributed by atoms with van der Waals surface area (Å²) in [7, 11) is 3.80. The van der Waals surface area contributed by atoms with Crippen LogP contribution in [0.15, 0.2) is 48.5 Å². The van der Waals surface area contributed by atoms with Crippen molar-refractivity contribution in [1.29, 1.82) is 5.41 Å². The highest BCUT2D eigenvalue weighted by Crippen LogP contribution is 2.27. The highest BCUT2D eigenvalue weighted by molar-refractivity contribution is 6.00. The zero-order valence-corrected chi connectivity index (χ0v) is 13.2. The van der Waals surface area contributed by atoms with E-state index in [1.807, 2.05) is 36.0 Å². The van der Waals surface area contributed by atoms with E-state index in [-0.39, 0.29) is 0 Å². The Kier molecular flexibility index (Phi) is 4.63. The Hall–Kier alpha value is -2.29. The van der Waals surface area contributed by atoms with Crippen LogP contribution in [0.1, 0.15) is 18.1 Å². The Morgan fingerprint density at radius 2 is 1.62 bits per heavy atom. The van der Waals surface area contributed by atoms with Gasteiger partial charge in [-0.3, -0.25) is 10.3 Å². The maximum Gasteiger partial charge on any atom is 0.202 e. The summed E-state index contributed by atoms with van der Waals surface area (Å²) < 4.78 is 0. The molecule has 110 valence electrons. The Morgan fingerprint density at radius 1 is 1.00 bits per heavy atom. The van der Waals surface area contributed by atoms with Crippen molar-refractivity contribution < 1.29 is 0 Å². The molecule has 3 nitrogen and oxygen atoms in total. The molecule has 0 saturated heterocycles. The van der Waals surface area contributed by atoms with Gasteiger partial charge in [-0.05, 0) is 48.7 Å². The number of rotatable bonds is 3. The van der Waals surface area contributed by atoms with Gasteiger partial charge in [0.25, 0.3) is 0 Å². The van der Waals surface area contributed by atoms with E-state index in [1.165, 1.54) is 11.1 Å². The van der Waals surface area contributed by atoms with E-state index in [1.54, 1.807) is 0 Å². The summed E-state index contributed by atoms with van der Waals surface area (Å²) in [6, 6.07) is 16.6. The third-order valence-corrected chi connectivity index (χ3v) is 3.47. The maximum absolute atomic E-state index is 8.43. The Balaban J connectivity index is 2.52. The predicted molar refractivity (Wildman–Crippen MR) is 90.6 cm³/mol. The molecule has 21 heavy (non-hydrogen) atoms. The molecule has 3 heteroatoms. The van der Waals surface area contributed by atoms with Gasteiger partial charge in [0.05, 0.1) is 0 Å². The van der Waals surface area contributed by atoms with Gasteiger partial charge in [-0.1, -0.05) is 31.2 Å². The van der Waals surface area contributed by atoms with Crippen molar-refractivity contribution in [2.45, 2.75) is 20.3 Å². The summed E-state index contributed by atoms with van der Waals surface area (Å²) in [5, 5.41) is 8.43. The molecule has 0 fully saturated rings. The van der Waals surface area contributed by atoms with Gasteiger partial charge in [0.15, 0.2) is 0 Å². The molecule has 0 amide bonds. The fraction of sp³-hybridized carbons (Fsp3) is 0.278. The van der Waals surface area contributed by atoms with Crippen LogP contribution in [-0.2, 0) is 6.42 Å². The molecule has 0 aliphatic carbocycles. The fourth-order valence-corrected chi connectivity index (χ4v) is 2.28. The van der Waals surface area contributed by atoms with Crippen molar-refractivity contribution in [1.82, 2.24) is 4.90 Å². The Morgan fingerprint density at radius 3 is 2.19 bits per heavy atom. The number of guanidine groups is 1. The van der Waals surface area contributed by atoms with Crippen molar-refractivity contribution in [3.8, 4) is 0 Å². The van der Waals surface area contributed by atoms with Crippen molar-refractivity contribution in [2.75, 3.05) is 19.0 Å². The van der Waals surface area contributed by atoms with Crippen molar-refractivity contribution in [2.24, 2.45) is 0 Å². The molecule has 0 radical (unpaired) electrons. The SMILES string of the molecule is CCc1cccc(N(C(=N)N(C)C)c2cccc(C)c2)c1. The number of nitrogens with zero attached hydrogens (tertiary/aromatic N) is 2. The highest BCUT2D eigenvalue weighted by atomic mass is 15.3. The standard InChI is InChI=1S/C18H23N3/c1-5-15-9-7-11-17(13-15)21(18(19)20(3)4)16-10-6-8-14(2)12-16/h6-13,19H,5H2,1-4H3. The molecule has 0 heterocycles. The molecule has 0 aromatic heterocycles. The average Bonchev–Trinajstić information content (AvgIpc) is 2.47. The molecule has 0 bridgehead atoms. The van der Waals surface area contributed by atoms with Crippen LogP contribution in [0.25, 0.3) is 0 Å². The molecular formula is C18H23N3. The van der Waals surface area contributed by atoms with E-state index < -0.39 is 0 Å². The first-order chi connectivity index (χ1) is 10.0. The van der Waals surface area contributed by atoms with Crippen LogP contribution < -0.4 is 4.90 Å². The topological polar surface area (TPSA) is 30.3 Å². The summed E-state index contributed by atoms with van der Waals surface area (Å²) >= 11 is 0. The third-order valence-electron chi connectivity index (χ3n) is 3.47. The number of hydrogen-bond acceptors (Lipinski definition) is 1. The summed E-state index contributed by atoms with van der Waals surface area (Å²) in [5.74, 6) is 0.453. The molecule has 0 aliphatic heterocycles. The van der Waals surface area contributed by atoms with Gasteiger partial charge in [-0.2, -0.15) is 0 Å². The van der Waals surface area contributed by atoms with Gasteiger partial charge in [-0.15, -0.1) is 0 Å². The molecule has 0 atom stereocenters. The minimum absolute atomic E-state index is 0.453. The van der Waals surface area contributed by atoms with Gasteiger partial charge in [-0.25, -0.2) is 0 Å². The number of anilines is 2. The molecular weight excluding hydrogens is 258 g/mol. The highest BCUT2D eigenvalue weighted by Gasteiger charge is 2.16. The number of benzene rings is 2. The van der Waals surface area contributed by atoms with Crippen LogP contribution in [0.2, 0.25) is 0 Å².